The van der Waals surface area contributed by atoms with Crippen molar-refractivity contribution >= 4 is 33.7 Å². The predicted molar refractivity (Wildman–Crippen MR) is 127 cm³/mol. The smallest absolute Gasteiger partial charge is 0.413 e. The van der Waals surface area contributed by atoms with Crippen molar-refractivity contribution in [2.75, 3.05) is 12.4 Å². The number of nitrogens with zero attached hydrogens (tertiary/aromatic N) is 6. The molecule has 3 aromatic rings. The van der Waals surface area contributed by atoms with E-state index in [4.69, 9.17) is 4.74 Å². The average molecular weight is 518 g/mol. The minimum absolute atomic E-state index is 0.175. The Morgan fingerprint density at radius 3 is 2.58 bits per heavy atom. The van der Waals surface area contributed by atoms with Gasteiger partial charge in [-0.05, 0) is 52.8 Å². The molecule has 10 nitrogen and oxygen atoms in total. The molecule has 0 radical (unpaired) electrons. The quantitative estimate of drug-likeness (QED) is 0.530. The Morgan fingerprint density at radius 1 is 1.18 bits per heavy atom. The Hall–Kier alpha value is -3.21. The molecule has 0 aliphatic rings. The topological polar surface area (TPSA) is 107 Å². The number of likely N-dealkylation sites (N-methyl/N-ethyl adjacent to an activating group) is 1. The molecule has 2 aromatic heterocycles. The Morgan fingerprint density at radius 2 is 1.91 bits per heavy atom. The second kappa shape index (κ2) is 9.34. The highest BCUT2D eigenvalue weighted by Crippen LogP contribution is 2.21. The summed E-state index contributed by atoms with van der Waals surface area (Å²) >= 11 is 3.44. The maximum Gasteiger partial charge on any atom is 0.413 e. The molecule has 0 saturated heterocycles. The molecule has 0 unspecified atom stereocenters. The number of ether oxygens (including phenoxy) is 1. The summed E-state index contributed by atoms with van der Waals surface area (Å²) in [6.45, 7) is 9.13. The molecule has 176 valence electrons. The van der Waals surface area contributed by atoms with Crippen LogP contribution in [0.3, 0.4) is 0 Å². The molecule has 33 heavy (non-hydrogen) atoms. The van der Waals surface area contributed by atoms with Crippen molar-refractivity contribution in [3.63, 3.8) is 0 Å². The van der Waals surface area contributed by atoms with Crippen LogP contribution in [0.5, 0.6) is 0 Å². The fourth-order valence-corrected chi connectivity index (χ4v) is 3.49. The van der Waals surface area contributed by atoms with Gasteiger partial charge in [0.15, 0.2) is 5.82 Å². The molecule has 3 rings (SSSR count). The first-order chi connectivity index (χ1) is 15.3. The van der Waals surface area contributed by atoms with Gasteiger partial charge < -0.3 is 9.64 Å². The summed E-state index contributed by atoms with van der Waals surface area (Å²) in [7, 11) is 1.70. The number of benzene rings is 1. The number of aromatic nitrogens is 5. The van der Waals surface area contributed by atoms with E-state index < -0.39 is 17.2 Å². The largest absolute Gasteiger partial charge is 0.444 e. The molecule has 0 saturated carbocycles. The average Bonchev–Trinajstić information content (AvgIpc) is 3.36. The van der Waals surface area contributed by atoms with Gasteiger partial charge in [0, 0.05) is 23.8 Å². The molecule has 0 fully saturated rings. The van der Waals surface area contributed by atoms with Crippen LogP contribution in [0.25, 0.3) is 5.69 Å². The van der Waals surface area contributed by atoms with Crippen molar-refractivity contribution in [1.29, 1.82) is 0 Å². The van der Waals surface area contributed by atoms with Gasteiger partial charge in [-0.1, -0.05) is 27.2 Å². The Bertz CT molecular complexity index is 1150. The third kappa shape index (κ3) is 6.19. The van der Waals surface area contributed by atoms with Gasteiger partial charge in [0.1, 0.15) is 16.8 Å². The van der Waals surface area contributed by atoms with E-state index in [9.17, 15) is 9.59 Å². The highest BCUT2D eigenvalue weighted by Gasteiger charge is 2.34. The number of hydrogen-bond donors (Lipinski definition) is 1. The van der Waals surface area contributed by atoms with Crippen LogP contribution in [-0.4, -0.2) is 54.3 Å². The maximum atomic E-state index is 13.2. The van der Waals surface area contributed by atoms with Gasteiger partial charge in [-0.2, -0.15) is 5.10 Å². The van der Waals surface area contributed by atoms with E-state index in [-0.39, 0.29) is 12.5 Å². The first kappa shape index (κ1) is 24.4. The minimum atomic E-state index is -0.997. The minimum Gasteiger partial charge on any atom is -0.444 e. The highest BCUT2D eigenvalue weighted by molar-refractivity contribution is 9.10. The van der Waals surface area contributed by atoms with Crippen molar-refractivity contribution in [2.45, 2.75) is 52.3 Å². The van der Waals surface area contributed by atoms with E-state index in [1.165, 1.54) is 4.68 Å². The molecule has 0 aliphatic carbocycles. The normalized spacial score (nSPS) is 11.8. The zero-order valence-electron chi connectivity index (χ0n) is 19.5. The number of nitrogens with one attached hydrogen (secondary N) is 1. The summed E-state index contributed by atoms with van der Waals surface area (Å²) < 4.78 is 9.34. The van der Waals surface area contributed by atoms with Gasteiger partial charge in [0.05, 0.1) is 18.4 Å². The van der Waals surface area contributed by atoms with Gasteiger partial charge in [-0.3, -0.25) is 14.8 Å². The Kier molecular flexibility index (Phi) is 6.92. The van der Waals surface area contributed by atoms with Gasteiger partial charge in [-0.25, -0.2) is 9.48 Å². The number of anilines is 1. The molecule has 0 aliphatic heterocycles. The van der Waals surface area contributed by atoms with Crippen molar-refractivity contribution < 1.29 is 14.3 Å². The number of carbonyl (C=O) groups excluding carboxylic acids is 2. The van der Waals surface area contributed by atoms with Crippen LogP contribution < -0.4 is 5.32 Å². The summed E-state index contributed by atoms with van der Waals surface area (Å²) in [4.78, 5) is 26.7. The lowest BCUT2D eigenvalue weighted by molar-refractivity contribution is -0.139. The zero-order valence-corrected chi connectivity index (χ0v) is 21.1. The predicted octanol–water partition coefficient (Wildman–Crippen LogP) is 3.97. The molecule has 11 heteroatoms. The molecule has 1 aromatic carbocycles. The van der Waals surface area contributed by atoms with Crippen LogP contribution in [0.1, 0.15) is 40.3 Å². The molecular formula is C22H28BrN7O3. The first-order valence-corrected chi connectivity index (χ1v) is 11.1. The molecule has 2 heterocycles. The lowest BCUT2D eigenvalue weighted by Gasteiger charge is -2.29. The number of carbonyl (C=O) groups is 2. The van der Waals surface area contributed by atoms with Crippen molar-refractivity contribution in [1.82, 2.24) is 29.7 Å². The van der Waals surface area contributed by atoms with Crippen LogP contribution in [0.15, 0.2) is 47.2 Å². The van der Waals surface area contributed by atoms with Gasteiger partial charge in [0.2, 0.25) is 5.91 Å². The summed E-state index contributed by atoms with van der Waals surface area (Å²) in [6, 6.07) is 9.30. The van der Waals surface area contributed by atoms with Crippen molar-refractivity contribution in [2.24, 2.45) is 0 Å². The fraction of sp³-hybridized carbons (Fsp3) is 0.409. The monoisotopic (exact) mass is 517 g/mol. The van der Waals surface area contributed by atoms with Crippen LogP contribution >= 0.6 is 15.9 Å². The number of hydrogen-bond acceptors (Lipinski definition) is 6. The van der Waals surface area contributed by atoms with Crippen LogP contribution in [0.2, 0.25) is 0 Å². The van der Waals surface area contributed by atoms with E-state index in [1.54, 1.807) is 69.7 Å². The molecule has 0 atom stereocenters. The van der Waals surface area contributed by atoms with Gasteiger partial charge in [-0.15, -0.1) is 5.10 Å². The Balaban J connectivity index is 1.66. The SMILES string of the molecule is CN(Cc1cn(-c2cccc(Br)c2)nn1)C(=O)C(C)(C)n1ccc(NC(=O)OC(C)(C)C)n1. The number of rotatable bonds is 6. The van der Waals surface area contributed by atoms with E-state index in [0.29, 0.717) is 11.5 Å². The summed E-state index contributed by atoms with van der Waals surface area (Å²) in [5.41, 5.74) is -0.111. The third-order valence-corrected chi connectivity index (χ3v) is 5.17. The molecule has 1 N–H and O–H groups in total. The van der Waals surface area contributed by atoms with Crippen LogP contribution in [0.4, 0.5) is 10.6 Å². The first-order valence-electron chi connectivity index (χ1n) is 10.3. The van der Waals surface area contributed by atoms with E-state index in [0.717, 1.165) is 10.2 Å². The summed E-state index contributed by atoms with van der Waals surface area (Å²) in [6.07, 6.45) is 2.82. The lowest BCUT2D eigenvalue weighted by Crippen LogP contribution is -2.45. The van der Waals surface area contributed by atoms with E-state index in [2.05, 4.69) is 36.7 Å². The zero-order chi connectivity index (χ0) is 24.4. The van der Waals surface area contributed by atoms with Gasteiger partial charge >= 0.3 is 6.09 Å². The van der Waals surface area contributed by atoms with Gasteiger partial charge in [0.25, 0.3) is 0 Å². The Labute approximate surface area is 201 Å². The fourth-order valence-electron chi connectivity index (χ4n) is 3.11. The third-order valence-electron chi connectivity index (χ3n) is 4.67. The lowest BCUT2D eigenvalue weighted by atomic mass is 10.0. The summed E-state index contributed by atoms with van der Waals surface area (Å²) in [5.74, 6) is 0.121. The summed E-state index contributed by atoms with van der Waals surface area (Å²) in [5, 5.41) is 15.3. The van der Waals surface area contributed by atoms with E-state index in [1.807, 2.05) is 24.3 Å². The molecule has 0 bridgehead atoms. The van der Waals surface area contributed by atoms with Crippen molar-refractivity contribution in [3.05, 3.63) is 52.9 Å². The second-order valence-electron chi connectivity index (χ2n) is 9.13. The van der Waals surface area contributed by atoms with E-state index >= 15 is 0 Å². The number of halogens is 1. The van der Waals surface area contributed by atoms with Crippen LogP contribution in [0, 0.1) is 0 Å². The second-order valence-corrected chi connectivity index (χ2v) is 10.0. The molecular weight excluding hydrogens is 490 g/mol. The standard InChI is InChI=1S/C22H28BrN7O3/c1-21(2,3)33-20(32)24-18-10-11-30(26-18)22(4,5)19(31)28(6)13-16-14-29(27-25-16)17-9-7-8-15(23)12-17/h7-12,14H,13H2,1-6H3,(H,24,26,32). The number of amides is 2. The highest BCUT2D eigenvalue weighted by atomic mass is 79.9. The van der Waals surface area contributed by atoms with Crippen LogP contribution in [-0.2, 0) is 21.6 Å². The molecule has 0 spiro atoms. The molecule has 2 amide bonds. The maximum absolute atomic E-state index is 13.2. The van der Waals surface area contributed by atoms with Crippen molar-refractivity contribution in [3.8, 4) is 5.69 Å².